The highest BCUT2D eigenvalue weighted by molar-refractivity contribution is 9.10. The summed E-state index contributed by atoms with van der Waals surface area (Å²) in [6.07, 6.45) is 2.47. The molecule has 0 amide bonds. The molecule has 2 heterocycles. The summed E-state index contributed by atoms with van der Waals surface area (Å²) in [5.41, 5.74) is 0. The first-order valence-electron chi connectivity index (χ1n) is 7.92. The molecule has 1 fully saturated rings. The molecular formula is C16H27BrN2OS. The maximum atomic E-state index is 6.09. The second kappa shape index (κ2) is 8.63. The van der Waals surface area contributed by atoms with Gasteiger partial charge >= 0.3 is 0 Å². The van der Waals surface area contributed by atoms with Gasteiger partial charge in [0.1, 0.15) is 0 Å². The average molecular weight is 375 g/mol. The second-order valence-electron chi connectivity index (χ2n) is 5.95. The van der Waals surface area contributed by atoms with Crippen LogP contribution in [0.1, 0.15) is 32.1 Å². The van der Waals surface area contributed by atoms with Crippen molar-refractivity contribution in [3.05, 3.63) is 20.8 Å². The van der Waals surface area contributed by atoms with Gasteiger partial charge in [0, 0.05) is 40.9 Å². The van der Waals surface area contributed by atoms with Crippen molar-refractivity contribution in [1.29, 1.82) is 0 Å². The van der Waals surface area contributed by atoms with Crippen molar-refractivity contribution >= 4 is 27.3 Å². The Morgan fingerprint density at radius 2 is 2.33 bits per heavy atom. The van der Waals surface area contributed by atoms with Gasteiger partial charge in [0.25, 0.3) is 0 Å². The van der Waals surface area contributed by atoms with Crippen molar-refractivity contribution in [3.8, 4) is 0 Å². The molecule has 1 N–H and O–H groups in total. The number of morpholine rings is 1. The lowest BCUT2D eigenvalue weighted by Gasteiger charge is -2.39. The van der Waals surface area contributed by atoms with Crippen LogP contribution in [0.5, 0.6) is 0 Å². The number of thiophene rings is 1. The molecule has 2 atom stereocenters. The average Bonchev–Trinajstić information content (AvgIpc) is 2.88. The molecule has 0 bridgehead atoms. The van der Waals surface area contributed by atoms with Crippen molar-refractivity contribution < 1.29 is 4.74 Å². The van der Waals surface area contributed by atoms with E-state index >= 15 is 0 Å². The maximum absolute atomic E-state index is 6.09. The van der Waals surface area contributed by atoms with Gasteiger partial charge in [-0.25, -0.2) is 0 Å². The zero-order valence-corrected chi connectivity index (χ0v) is 15.7. The summed E-state index contributed by atoms with van der Waals surface area (Å²) in [5.74, 6) is 0. The number of hydrogen-bond acceptors (Lipinski definition) is 4. The Morgan fingerprint density at radius 1 is 1.52 bits per heavy atom. The van der Waals surface area contributed by atoms with E-state index in [4.69, 9.17) is 4.74 Å². The first kappa shape index (κ1) is 17.4. The van der Waals surface area contributed by atoms with Gasteiger partial charge in [-0.3, -0.25) is 4.90 Å². The van der Waals surface area contributed by atoms with Crippen LogP contribution in [0.2, 0.25) is 0 Å². The highest BCUT2D eigenvalue weighted by Gasteiger charge is 2.29. The molecule has 1 aliphatic rings. The lowest BCUT2D eigenvalue weighted by molar-refractivity contribution is -0.0551. The largest absolute Gasteiger partial charge is 0.374 e. The number of nitrogens with one attached hydrogen (secondary N) is 1. The van der Waals surface area contributed by atoms with Crippen LogP contribution in [-0.2, 0) is 11.2 Å². The van der Waals surface area contributed by atoms with Crippen molar-refractivity contribution in [2.24, 2.45) is 0 Å². The molecule has 1 aromatic rings. The predicted octanol–water partition coefficient (Wildman–Crippen LogP) is 3.53. The third-order valence-electron chi connectivity index (χ3n) is 4.06. The van der Waals surface area contributed by atoms with Gasteiger partial charge in [-0.15, -0.1) is 11.3 Å². The fourth-order valence-corrected chi connectivity index (χ4v) is 4.32. The van der Waals surface area contributed by atoms with E-state index in [2.05, 4.69) is 58.4 Å². The third-order valence-corrected chi connectivity index (χ3v) is 6.01. The molecule has 2 unspecified atom stereocenters. The van der Waals surface area contributed by atoms with Crippen LogP contribution in [0.3, 0.4) is 0 Å². The minimum Gasteiger partial charge on any atom is -0.374 e. The van der Waals surface area contributed by atoms with Gasteiger partial charge < -0.3 is 10.1 Å². The van der Waals surface area contributed by atoms with Gasteiger partial charge in [-0.05, 0) is 54.2 Å². The lowest BCUT2D eigenvalue weighted by atomic mass is 10.0. The van der Waals surface area contributed by atoms with E-state index in [1.165, 1.54) is 9.35 Å². The van der Waals surface area contributed by atoms with Crippen molar-refractivity contribution in [3.63, 3.8) is 0 Å². The first-order chi connectivity index (χ1) is 10.1. The molecule has 120 valence electrons. The fraction of sp³-hybridized carbons (Fsp3) is 0.750. The molecule has 0 saturated carbocycles. The maximum Gasteiger partial charge on any atom is 0.0858 e. The monoisotopic (exact) mass is 374 g/mol. The van der Waals surface area contributed by atoms with Gasteiger partial charge in [0.15, 0.2) is 0 Å². The number of ether oxygens (including phenoxy) is 1. The van der Waals surface area contributed by atoms with Crippen molar-refractivity contribution in [1.82, 2.24) is 10.2 Å². The molecule has 5 heteroatoms. The summed E-state index contributed by atoms with van der Waals surface area (Å²) >= 11 is 5.48. The van der Waals surface area contributed by atoms with Crippen LogP contribution in [-0.4, -0.2) is 49.3 Å². The molecular weight excluding hydrogens is 348 g/mol. The SMILES string of the molecule is CCCNC(Cc1sccc1Br)C1CN(C(C)C)CCO1. The zero-order chi connectivity index (χ0) is 15.2. The minimum absolute atomic E-state index is 0.279. The first-order valence-corrected chi connectivity index (χ1v) is 9.60. The number of nitrogens with zero attached hydrogens (tertiary/aromatic N) is 1. The Balaban J connectivity index is 2.02. The van der Waals surface area contributed by atoms with Crippen molar-refractivity contribution in [2.45, 2.75) is 51.8 Å². The quantitative estimate of drug-likeness (QED) is 0.789. The fourth-order valence-electron chi connectivity index (χ4n) is 2.74. The zero-order valence-electron chi connectivity index (χ0n) is 13.3. The smallest absolute Gasteiger partial charge is 0.0858 e. The van der Waals surface area contributed by atoms with Gasteiger partial charge in [-0.2, -0.15) is 0 Å². The van der Waals surface area contributed by atoms with Crippen LogP contribution in [0.4, 0.5) is 0 Å². The standard InChI is InChI=1S/C16H27BrN2OS/c1-4-6-18-14(10-16-13(17)5-9-21-16)15-11-19(12(2)3)7-8-20-15/h5,9,12,14-15,18H,4,6-8,10-11H2,1-3H3. The van der Waals surface area contributed by atoms with Crippen LogP contribution < -0.4 is 5.32 Å². The molecule has 0 aromatic carbocycles. The van der Waals surface area contributed by atoms with E-state index in [1.807, 2.05) is 11.3 Å². The molecule has 3 nitrogen and oxygen atoms in total. The summed E-state index contributed by atoms with van der Waals surface area (Å²) < 4.78 is 7.32. The molecule has 1 saturated heterocycles. The van der Waals surface area contributed by atoms with Gasteiger partial charge in [0.2, 0.25) is 0 Å². The summed E-state index contributed by atoms with van der Waals surface area (Å²) in [4.78, 5) is 3.94. The van der Waals surface area contributed by atoms with E-state index in [1.54, 1.807) is 0 Å². The molecule has 1 aliphatic heterocycles. The van der Waals surface area contributed by atoms with E-state index < -0.39 is 0 Å². The van der Waals surface area contributed by atoms with Crippen LogP contribution in [0.15, 0.2) is 15.9 Å². The van der Waals surface area contributed by atoms with E-state index in [9.17, 15) is 0 Å². The Bertz CT molecular complexity index is 424. The molecule has 21 heavy (non-hydrogen) atoms. The van der Waals surface area contributed by atoms with Crippen LogP contribution >= 0.6 is 27.3 Å². The van der Waals surface area contributed by atoms with Crippen LogP contribution in [0, 0.1) is 0 Å². The van der Waals surface area contributed by atoms with E-state index in [0.717, 1.165) is 39.1 Å². The normalized spacial score (nSPS) is 21.9. The minimum atomic E-state index is 0.279. The van der Waals surface area contributed by atoms with Crippen molar-refractivity contribution in [2.75, 3.05) is 26.2 Å². The Morgan fingerprint density at radius 3 is 2.95 bits per heavy atom. The second-order valence-corrected chi connectivity index (χ2v) is 7.81. The molecule has 0 radical (unpaired) electrons. The van der Waals surface area contributed by atoms with Crippen LogP contribution in [0.25, 0.3) is 0 Å². The molecule has 0 aliphatic carbocycles. The molecule has 0 spiro atoms. The van der Waals surface area contributed by atoms with Gasteiger partial charge in [0.05, 0.1) is 12.7 Å². The summed E-state index contributed by atoms with van der Waals surface area (Å²) in [6.45, 7) is 10.7. The number of halogens is 1. The summed E-state index contributed by atoms with van der Waals surface area (Å²) in [7, 11) is 0. The van der Waals surface area contributed by atoms with E-state index in [0.29, 0.717) is 12.1 Å². The molecule has 2 rings (SSSR count). The highest BCUT2D eigenvalue weighted by atomic mass is 79.9. The Hall–Kier alpha value is 0.0600. The third kappa shape index (κ3) is 5.03. The summed E-state index contributed by atoms with van der Waals surface area (Å²) in [5, 5.41) is 5.85. The lowest BCUT2D eigenvalue weighted by Crippen LogP contribution is -2.54. The molecule has 1 aromatic heterocycles. The highest BCUT2D eigenvalue weighted by Crippen LogP contribution is 2.25. The van der Waals surface area contributed by atoms with Gasteiger partial charge in [-0.1, -0.05) is 6.92 Å². The summed E-state index contributed by atoms with van der Waals surface area (Å²) in [6, 6.07) is 3.12. The Labute approximate surface area is 141 Å². The number of rotatable bonds is 7. The number of hydrogen-bond donors (Lipinski definition) is 1. The van der Waals surface area contributed by atoms with E-state index in [-0.39, 0.29) is 6.10 Å². The Kier molecular flexibility index (Phi) is 7.16. The topological polar surface area (TPSA) is 24.5 Å². The predicted molar refractivity (Wildman–Crippen MR) is 94.3 cm³/mol.